The van der Waals surface area contributed by atoms with Crippen molar-refractivity contribution in [1.29, 1.82) is 0 Å². The van der Waals surface area contributed by atoms with Crippen LogP contribution in [-0.4, -0.2) is 66.6 Å². The highest BCUT2D eigenvalue weighted by atomic mass is 32.1. The van der Waals surface area contributed by atoms with Gasteiger partial charge in [0.15, 0.2) is 0 Å². The van der Waals surface area contributed by atoms with Crippen molar-refractivity contribution in [3.63, 3.8) is 0 Å². The van der Waals surface area contributed by atoms with Crippen LogP contribution in [0.5, 0.6) is 0 Å². The topological polar surface area (TPSA) is 58.8 Å². The monoisotopic (exact) mass is 273 g/mol. The third kappa shape index (κ3) is 4.88. The van der Waals surface area contributed by atoms with Crippen molar-refractivity contribution in [3.05, 3.63) is 0 Å². The largest absolute Gasteiger partial charge is 0.393 e. The van der Waals surface area contributed by atoms with Crippen molar-refractivity contribution in [1.82, 2.24) is 9.80 Å². The number of hydrogen-bond acceptors (Lipinski definition) is 4. The van der Waals surface area contributed by atoms with Gasteiger partial charge in [-0.2, -0.15) is 0 Å². The molecule has 1 amide bonds. The molecule has 1 saturated heterocycles. The molecule has 1 fully saturated rings. The molecule has 0 aromatic heterocycles. The predicted molar refractivity (Wildman–Crippen MR) is 75.5 cm³/mol. The number of thiocarbonyl (C=S) groups is 1. The minimum absolute atomic E-state index is 0.117. The van der Waals surface area contributed by atoms with Crippen molar-refractivity contribution in [2.24, 2.45) is 5.73 Å². The standard InChI is InChI=1S/C12H23N3O2S/c1-3-10-9-17-7-6-15(10)8-12(16)14(2)5-4-11(13)18/h10H,3-9H2,1-2H3,(H2,13,18). The van der Waals surface area contributed by atoms with E-state index in [9.17, 15) is 4.79 Å². The molecule has 5 nitrogen and oxygen atoms in total. The number of ether oxygens (including phenoxy) is 1. The molecule has 1 aliphatic rings. The average Bonchev–Trinajstić information content (AvgIpc) is 2.36. The van der Waals surface area contributed by atoms with Gasteiger partial charge in [-0.05, 0) is 6.42 Å². The molecule has 6 heteroatoms. The van der Waals surface area contributed by atoms with Gasteiger partial charge >= 0.3 is 0 Å². The fraction of sp³-hybridized carbons (Fsp3) is 0.833. The number of carbonyl (C=O) groups excluding carboxylic acids is 1. The van der Waals surface area contributed by atoms with E-state index in [1.807, 2.05) is 0 Å². The van der Waals surface area contributed by atoms with Crippen LogP contribution in [0.3, 0.4) is 0 Å². The van der Waals surface area contributed by atoms with E-state index in [-0.39, 0.29) is 5.91 Å². The normalized spacial score (nSPS) is 20.7. The maximum absolute atomic E-state index is 12.0. The molecule has 0 spiro atoms. The van der Waals surface area contributed by atoms with E-state index in [0.717, 1.165) is 19.6 Å². The van der Waals surface area contributed by atoms with Crippen LogP contribution in [0.2, 0.25) is 0 Å². The number of nitrogens with zero attached hydrogens (tertiary/aromatic N) is 2. The third-order valence-corrected chi connectivity index (χ3v) is 3.48. The second kappa shape index (κ2) is 7.66. The van der Waals surface area contributed by atoms with Crippen LogP contribution in [0.25, 0.3) is 0 Å². The zero-order valence-electron chi connectivity index (χ0n) is 11.2. The number of morpholine rings is 1. The lowest BCUT2D eigenvalue weighted by atomic mass is 10.2. The number of hydrogen-bond donors (Lipinski definition) is 1. The summed E-state index contributed by atoms with van der Waals surface area (Å²) in [5.41, 5.74) is 5.44. The fourth-order valence-corrected chi connectivity index (χ4v) is 2.06. The summed E-state index contributed by atoms with van der Waals surface area (Å²) in [5, 5.41) is 0. The van der Waals surface area contributed by atoms with Gasteiger partial charge in [-0.15, -0.1) is 0 Å². The highest BCUT2D eigenvalue weighted by Crippen LogP contribution is 2.10. The van der Waals surface area contributed by atoms with E-state index in [1.54, 1.807) is 11.9 Å². The molecular weight excluding hydrogens is 250 g/mol. The molecule has 0 aromatic rings. The Kier molecular flexibility index (Phi) is 6.52. The lowest BCUT2D eigenvalue weighted by molar-refractivity contribution is -0.133. The van der Waals surface area contributed by atoms with Crippen LogP contribution in [0.15, 0.2) is 0 Å². The molecule has 2 N–H and O–H groups in total. The maximum atomic E-state index is 12.0. The Balaban J connectivity index is 2.39. The SMILES string of the molecule is CCC1COCCN1CC(=O)N(C)CCC(N)=S. The summed E-state index contributed by atoms with van der Waals surface area (Å²) in [6.45, 7) is 5.42. The molecule has 0 radical (unpaired) electrons. The summed E-state index contributed by atoms with van der Waals surface area (Å²) in [6, 6.07) is 0.353. The quantitative estimate of drug-likeness (QED) is 0.702. The van der Waals surface area contributed by atoms with Crippen LogP contribution in [0.4, 0.5) is 0 Å². The molecule has 0 saturated carbocycles. The Morgan fingerprint density at radius 3 is 2.94 bits per heavy atom. The number of likely N-dealkylation sites (N-methyl/N-ethyl adjacent to an activating group) is 1. The van der Waals surface area contributed by atoms with Crippen molar-refractivity contribution in [3.8, 4) is 0 Å². The van der Waals surface area contributed by atoms with Crippen LogP contribution in [0.1, 0.15) is 19.8 Å². The molecule has 0 aromatic carbocycles. The first kappa shape index (κ1) is 15.3. The van der Waals surface area contributed by atoms with Crippen molar-refractivity contribution in [2.45, 2.75) is 25.8 Å². The third-order valence-electron chi connectivity index (χ3n) is 3.28. The summed E-state index contributed by atoms with van der Waals surface area (Å²) in [4.78, 5) is 16.4. The van der Waals surface area contributed by atoms with Crippen LogP contribution in [-0.2, 0) is 9.53 Å². The molecule has 1 rings (SSSR count). The molecule has 1 unspecified atom stereocenters. The van der Waals surface area contributed by atoms with E-state index >= 15 is 0 Å². The minimum atomic E-state index is 0.117. The first-order valence-electron chi connectivity index (χ1n) is 6.38. The highest BCUT2D eigenvalue weighted by molar-refractivity contribution is 7.80. The van der Waals surface area contributed by atoms with E-state index in [2.05, 4.69) is 11.8 Å². The summed E-state index contributed by atoms with van der Waals surface area (Å²) in [7, 11) is 1.79. The highest BCUT2D eigenvalue weighted by Gasteiger charge is 2.24. The Morgan fingerprint density at radius 1 is 1.61 bits per heavy atom. The smallest absolute Gasteiger partial charge is 0.236 e. The number of amides is 1. The van der Waals surface area contributed by atoms with Crippen molar-refractivity contribution in [2.75, 3.05) is 39.9 Å². The number of nitrogens with two attached hydrogens (primary N) is 1. The molecule has 1 heterocycles. The van der Waals surface area contributed by atoms with E-state index in [1.165, 1.54) is 0 Å². The molecular formula is C12H23N3O2S. The molecule has 0 bridgehead atoms. The van der Waals surface area contributed by atoms with Gasteiger partial charge in [0, 0.05) is 32.6 Å². The van der Waals surface area contributed by atoms with Gasteiger partial charge in [0.25, 0.3) is 0 Å². The van der Waals surface area contributed by atoms with Crippen LogP contribution < -0.4 is 5.73 Å². The zero-order valence-corrected chi connectivity index (χ0v) is 12.0. The lowest BCUT2D eigenvalue weighted by Crippen LogP contribution is -2.49. The van der Waals surface area contributed by atoms with E-state index < -0.39 is 0 Å². The molecule has 0 aliphatic carbocycles. The second-order valence-corrected chi connectivity index (χ2v) is 5.16. The lowest BCUT2D eigenvalue weighted by Gasteiger charge is -2.35. The molecule has 18 heavy (non-hydrogen) atoms. The maximum Gasteiger partial charge on any atom is 0.236 e. The Hall–Kier alpha value is -0.720. The van der Waals surface area contributed by atoms with Gasteiger partial charge in [0.2, 0.25) is 5.91 Å². The van der Waals surface area contributed by atoms with Gasteiger partial charge in [-0.1, -0.05) is 19.1 Å². The Morgan fingerprint density at radius 2 is 2.33 bits per heavy atom. The summed E-state index contributed by atoms with van der Waals surface area (Å²) in [5.74, 6) is 0.117. The van der Waals surface area contributed by atoms with Gasteiger partial charge < -0.3 is 15.4 Å². The van der Waals surface area contributed by atoms with Crippen molar-refractivity contribution >= 4 is 23.1 Å². The second-order valence-electron chi connectivity index (χ2n) is 4.64. The Bertz CT molecular complexity index is 299. The Labute approximate surface area is 114 Å². The first-order chi connectivity index (χ1) is 8.54. The predicted octanol–water partition coefficient (Wildman–Crippen LogP) is 0.232. The van der Waals surface area contributed by atoms with Gasteiger partial charge in [-0.3, -0.25) is 9.69 Å². The molecule has 1 atom stereocenters. The van der Waals surface area contributed by atoms with E-state index in [4.69, 9.17) is 22.7 Å². The van der Waals surface area contributed by atoms with E-state index in [0.29, 0.717) is 37.1 Å². The van der Waals surface area contributed by atoms with Crippen molar-refractivity contribution < 1.29 is 9.53 Å². The average molecular weight is 273 g/mol. The number of carbonyl (C=O) groups is 1. The summed E-state index contributed by atoms with van der Waals surface area (Å²) < 4.78 is 5.42. The number of rotatable bonds is 6. The first-order valence-corrected chi connectivity index (χ1v) is 6.79. The zero-order chi connectivity index (χ0) is 13.5. The summed E-state index contributed by atoms with van der Waals surface area (Å²) in [6.07, 6.45) is 1.59. The van der Waals surface area contributed by atoms with Gasteiger partial charge in [-0.25, -0.2) is 0 Å². The fourth-order valence-electron chi connectivity index (χ4n) is 1.97. The summed E-state index contributed by atoms with van der Waals surface area (Å²) >= 11 is 4.81. The molecule has 1 aliphatic heterocycles. The minimum Gasteiger partial charge on any atom is -0.393 e. The van der Waals surface area contributed by atoms with Gasteiger partial charge in [0.1, 0.15) is 0 Å². The van der Waals surface area contributed by atoms with Crippen LogP contribution in [0, 0.1) is 0 Å². The van der Waals surface area contributed by atoms with Gasteiger partial charge in [0.05, 0.1) is 24.7 Å². The van der Waals surface area contributed by atoms with Crippen LogP contribution >= 0.6 is 12.2 Å². The molecule has 104 valence electrons.